The van der Waals surface area contributed by atoms with Crippen LogP contribution in [0.15, 0.2) is 86.6 Å². The molecule has 1 fully saturated rings. The SMILES string of the molecule is COCCCN1C(=O)/C(=C/C=C2/N(C)c3ccccc3C2(C)C)S/C1=N/S(=O)(=O)c1ccccc1. The van der Waals surface area contributed by atoms with Gasteiger partial charge >= 0.3 is 0 Å². The number of ether oxygens (including phenoxy) is 1. The summed E-state index contributed by atoms with van der Waals surface area (Å²) in [6.07, 6.45) is 4.28. The first-order valence-electron chi connectivity index (χ1n) is 11.3. The molecule has 35 heavy (non-hydrogen) atoms. The Morgan fingerprint density at radius 1 is 1.06 bits per heavy atom. The monoisotopic (exact) mass is 511 g/mol. The molecule has 0 saturated carbocycles. The first-order chi connectivity index (χ1) is 16.7. The van der Waals surface area contributed by atoms with Gasteiger partial charge in [0.05, 0.1) is 9.80 Å². The van der Waals surface area contributed by atoms with Crippen LogP contribution in [-0.4, -0.2) is 51.7 Å². The summed E-state index contributed by atoms with van der Waals surface area (Å²) in [7, 11) is -0.357. The number of amidine groups is 1. The van der Waals surface area contributed by atoms with Gasteiger partial charge in [0.1, 0.15) is 0 Å². The summed E-state index contributed by atoms with van der Waals surface area (Å²) < 4.78 is 34.9. The van der Waals surface area contributed by atoms with E-state index in [0.29, 0.717) is 24.5 Å². The number of carbonyl (C=O) groups excluding carboxylic acids is 1. The number of benzene rings is 2. The Kier molecular flexibility index (Phi) is 7.21. The van der Waals surface area contributed by atoms with Crippen LogP contribution in [-0.2, 0) is 25.0 Å². The standard InChI is InChI=1S/C26H29N3O4S2/c1-26(2)20-13-8-9-14-21(20)28(3)23(26)16-15-22-24(30)29(17-10-18-33-4)25(34-22)27-35(31,32)19-11-6-5-7-12-19/h5-9,11-16H,10,17-18H2,1-4H3/b22-15-,23-16+,27-25+. The molecule has 1 amide bonds. The van der Waals surface area contributed by atoms with E-state index in [0.717, 1.165) is 23.1 Å². The van der Waals surface area contributed by atoms with Crippen LogP contribution in [0.5, 0.6) is 0 Å². The van der Waals surface area contributed by atoms with Gasteiger partial charge < -0.3 is 9.64 Å². The molecule has 2 aliphatic heterocycles. The summed E-state index contributed by atoms with van der Waals surface area (Å²) in [6, 6.07) is 16.3. The summed E-state index contributed by atoms with van der Waals surface area (Å²) in [6.45, 7) is 5.07. The molecule has 184 valence electrons. The highest BCUT2D eigenvalue weighted by molar-refractivity contribution is 8.19. The van der Waals surface area contributed by atoms with E-state index < -0.39 is 10.0 Å². The van der Waals surface area contributed by atoms with Crippen molar-refractivity contribution in [3.8, 4) is 0 Å². The molecule has 0 spiro atoms. The highest BCUT2D eigenvalue weighted by Gasteiger charge is 2.39. The van der Waals surface area contributed by atoms with E-state index in [2.05, 4.69) is 35.3 Å². The Balaban J connectivity index is 1.68. The Hall–Kier alpha value is -2.88. The third-order valence-electron chi connectivity index (χ3n) is 6.19. The van der Waals surface area contributed by atoms with E-state index in [1.165, 1.54) is 22.6 Å². The predicted molar refractivity (Wildman–Crippen MR) is 141 cm³/mol. The van der Waals surface area contributed by atoms with Crippen LogP contribution in [0.4, 0.5) is 5.69 Å². The normalized spacial score (nSPS) is 20.9. The van der Waals surface area contributed by atoms with Crippen molar-refractivity contribution in [2.75, 3.05) is 32.2 Å². The van der Waals surface area contributed by atoms with E-state index in [1.54, 1.807) is 31.4 Å². The average molecular weight is 512 g/mol. The number of hydrogen-bond acceptors (Lipinski definition) is 6. The van der Waals surface area contributed by atoms with Crippen molar-refractivity contribution >= 4 is 38.5 Å². The zero-order valence-corrected chi connectivity index (χ0v) is 21.9. The lowest BCUT2D eigenvalue weighted by Gasteiger charge is -2.23. The largest absolute Gasteiger partial charge is 0.385 e. The summed E-state index contributed by atoms with van der Waals surface area (Å²) in [4.78, 5) is 17.3. The van der Waals surface area contributed by atoms with Gasteiger partial charge in [-0.15, -0.1) is 4.40 Å². The summed E-state index contributed by atoms with van der Waals surface area (Å²) >= 11 is 1.08. The minimum Gasteiger partial charge on any atom is -0.385 e. The second-order valence-corrected chi connectivity index (χ2v) is 11.5. The molecule has 2 aliphatic rings. The Labute approximate surface area is 211 Å². The highest BCUT2D eigenvalue weighted by Crippen LogP contribution is 2.46. The molecule has 4 rings (SSSR count). The van der Waals surface area contributed by atoms with Crippen LogP contribution >= 0.6 is 11.8 Å². The average Bonchev–Trinajstić information content (AvgIpc) is 3.23. The van der Waals surface area contributed by atoms with Crippen molar-refractivity contribution in [1.29, 1.82) is 0 Å². The molecule has 0 aromatic heterocycles. The molecule has 1 saturated heterocycles. The molecule has 0 N–H and O–H groups in total. The second-order valence-electron chi connectivity index (χ2n) is 8.85. The van der Waals surface area contributed by atoms with Crippen molar-refractivity contribution in [3.63, 3.8) is 0 Å². The number of fused-ring (bicyclic) bond motifs is 1. The van der Waals surface area contributed by atoms with Crippen molar-refractivity contribution in [3.05, 3.63) is 82.9 Å². The maximum atomic E-state index is 13.3. The molecule has 0 bridgehead atoms. The number of hydrogen-bond donors (Lipinski definition) is 0. The second kappa shape index (κ2) is 10.0. The van der Waals surface area contributed by atoms with E-state index in [1.807, 2.05) is 25.3 Å². The maximum Gasteiger partial charge on any atom is 0.284 e. The lowest BCUT2D eigenvalue weighted by molar-refractivity contribution is -0.122. The number of likely N-dealkylation sites (N-methyl/N-ethyl adjacent to an activating group) is 1. The van der Waals surface area contributed by atoms with Crippen LogP contribution in [0.2, 0.25) is 0 Å². The fourth-order valence-electron chi connectivity index (χ4n) is 4.36. The third-order valence-corrected chi connectivity index (χ3v) is 8.61. The molecule has 9 heteroatoms. The molecular formula is C26H29N3O4S2. The number of carbonyl (C=O) groups is 1. The van der Waals surface area contributed by atoms with Crippen LogP contribution in [0.1, 0.15) is 25.8 Å². The molecule has 0 aliphatic carbocycles. The first kappa shape index (κ1) is 25.2. The maximum absolute atomic E-state index is 13.3. The third kappa shape index (κ3) is 4.94. The van der Waals surface area contributed by atoms with E-state index in [4.69, 9.17) is 4.74 Å². The summed E-state index contributed by atoms with van der Waals surface area (Å²) in [5.41, 5.74) is 3.16. The number of sulfonamides is 1. The van der Waals surface area contributed by atoms with Crippen molar-refractivity contribution in [2.45, 2.75) is 30.6 Å². The van der Waals surface area contributed by atoms with Crippen LogP contribution < -0.4 is 4.90 Å². The number of nitrogens with zero attached hydrogens (tertiary/aromatic N) is 3. The molecule has 2 aromatic rings. The predicted octanol–water partition coefficient (Wildman–Crippen LogP) is 4.54. The molecule has 7 nitrogen and oxygen atoms in total. The molecule has 0 radical (unpaired) electrons. The first-order valence-corrected chi connectivity index (χ1v) is 13.6. The van der Waals surface area contributed by atoms with E-state index in [-0.39, 0.29) is 21.4 Å². The number of thioether (sulfide) groups is 1. The lowest BCUT2D eigenvalue weighted by Crippen LogP contribution is -2.31. The van der Waals surface area contributed by atoms with Gasteiger partial charge in [0.2, 0.25) is 0 Å². The number of amides is 1. The molecular weight excluding hydrogens is 482 g/mol. The lowest BCUT2D eigenvalue weighted by atomic mass is 9.84. The number of methoxy groups -OCH3 is 1. The number of para-hydroxylation sites is 1. The van der Waals surface area contributed by atoms with Gasteiger partial charge in [0, 0.05) is 44.1 Å². The molecule has 2 aromatic carbocycles. The van der Waals surface area contributed by atoms with E-state index >= 15 is 0 Å². The van der Waals surface area contributed by atoms with Gasteiger partial charge in [-0.05, 0) is 54.1 Å². The fraction of sp³-hybridized carbons (Fsp3) is 0.308. The van der Waals surface area contributed by atoms with Crippen molar-refractivity contribution in [1.82, 2.24) is 4.90 Å². The molecule has 0 unspecified atom stereocenters. The number of rotatable bonds is 7. The Morgan fingerprint density at radius 2 is 1.74 bits per heavy atom. The number of allylic oxidation sites excluding steroid dienone is 3. The summed E-state index contributed by atoms with van der Waals surface area (Å²) in [5, 5.41) is 0.155. The smallest absolute Gasteiger partial charge is 0.284 e. The molecule has 2 heterocycles. The summed E-state index contributed by atoms with van der Waals surface area (Å²) in [5.74, 6) is -0.263. The van der Waals surface area contributed by atoms with Gasteiger partial charge in [0.15, 0.2) is 5.17 Å². The fourth-order valence-corrected chi connectivity index (χ4v) is 6.53. The van der Waals surface area contributed by atoms with Crippen molar-refractivity contribution in [2.24, 2.45) is 4.40 Å². The minimum atomic E-state index is -3.96. The molecule has 0 atom stereocenters. The van der Waals surface area contributed by atoms with Gasteiger partial charge in [-0.1, -0.05) is 50.2 Å². The quantitative estimate of drug-likeness (QED) is 0.401. The van der Waals surface area contributed by atoms with E-state index in [9.17, 15) is 13.2 Å². The van der Waals surface area contributed by atoms with Gasteiger partial charge in [0.25, 0.3) is 15.9 Å². The van der Waals surface area contributed by atoms with Gasteiger partial charge in [-0.3, -0.25) is 9.69 Å². The highest BCUT2D eigenvalue weighted by atomic mass is 32.2. The van der Waals surface area contributed by atoms with Gasteiger partial charge in [-0.25, -0.2) is 0 Å². The zero-order chi connectivity index (χ0) is 25.2. The zero-order valence-electron chi connectivity index (χ0n) is 20.3. The Bertz CT molecular complexity index is 1320. The van der Waals surface area contributed by atoms with Crippen molar-refractivity contribution < 1.29 is 17.9 Å². The number of anilines is 1. The van der Waals surface area contributed by atoms with Crippen LogP contribution in [0.3, 0.4) is 0 Å². The van der Waals surface area contributed by atoms with Crippen LogP contribution in [0, 0.1) is 0 Å². The minimum absolute atomic E-state index is 0.0871. The van der Waals surface area contributed by atoms with Crippen LogP contribution in [0.25, 0.3) is 0 Å². The Morgan fingerprint density at radius 3 is 2.43 bits per heavy atom. The van der Waals surface area contributed by atoms with Gasteiger partial charge in [-0.2, -0.15) is 8.42 Å². The topological polar surface area (TPSA) is 79.3 Å².